The monoisotopic (exact) mass is 451 g/mol. The minimum absolute atomic E-state index is 0.468. The topological polar surface area (TPSA) is 12.5 Å². The number of hydrogen-bond acceptors (Lipinski definition) is 2. The molecule has 4 bridgehead atoms. The average Bonchev–Trinajstić information content (AvgIpc) is 2.85. The van der Waals surface area contributed by atoms with Crippen LogP contribution in [0.5, 0.6) is 5.75 Å². The van der Waals surface area contributed by atoms with Gasteiger partial charge >= 0.3 is 0 Å². The van der Waals surface area contributed by atoms with Crippen LogP contribution in [0.2, 0.25) is 0 Å². The summed E-state index contributed by atoms with van der Waals surface area (Å²) in [6.45, 7) is 3.48. The van der Waals surface area contributed by atoms with Crippen molar-refractivity contribution in [1.29, 1.82) is 0 Å². The van der Waals surface area contributed by atoms with Gasteiger partial charge in [-0.25, -0.2) is 0 Å². The summed E-state index contributed by atoms with van der Waals surface area (Å²) in [5.41, 5.74) is 4.74. The van der Waals surface area contributed by atoms with Gasteiger partial charge in [0.05, 0.1) is 0 Å². The highest BCUT2D eigenvalue weighted by Crippen LogP contribution is 2.60. The Morgan fingerprint density at radius 2 is 1.15 bits per heavy atom. The van der Waals surface area contributed by atoms with Gasteiger partial charge in [0.25, 0.3) is 0 Å². The Morgan fingerprint density at radius 1 is 0.647 bits per heavy atom. The van der Waals surface area contributed by atoms with E-state index in [1.807, 2.05) is 0 Å². The number of benzene rings is 3. The van der Waals surface area contributed by atoms with Gasteiger partial charge < -0.3 is 4.74 Å². The Morgan fingerprint density at radius 3 is 1.65 bits per heavy atom. The molecule has 4 fully saturated rings. The van der Waals surface area contributed by atoms with E-state index in [-0.39, 0.29) is 0 Å². The molecule has 3 aromatic rings. The second-order valence-electron chi connectivity index (χ2n) is 11.3. The van der Waals surface area contributed by atoms with Gasteiger partial charge in [0.15, 0.2) is 0 Å². The molecular weight excluding hydrogens is 414 g/mol. The van der Waals surface area contributed by atoms with Crippen LogP contribution in [0.3, 0.4) is 0 Å². The van der Waals surface area contributed by atoms with Crippen LogP contribution >= 0.6 is 0 Å². The maximum Gasteiger partial charge on any atom is 0.119 e. The molecule has 176 valence electrons. The molecule has 34 heavy (non-hydrogen) atoms. The smallest absolute Gasteiger partial charge is 0.119 e. The molecule has 2 heteroatoms. The summed E-state index contributed by atoms with van der Waals surface area (Å²) in [6, 6.07) is 30.7. The van der Waals surface area contributed by atoms with Crippen LogP contribution in [0, 0.1) is 17.8 Å². The van der Waals surface area contributed by atoms with Crippen LogP contribution in [0.25, 0.3) is 0 Å². The first kappa shape index (κ1) is 21.9. The van der Waals surface area contributed by atoms with Gasteiger partial charge in [-0.2, -0.15) is 0 Å². The Balaban J connectivity index is 1.08. The largest absolute Gasteiger partial charge is 0.492 e. The molecule has 4 saturated carbocycles. The molecule has 0 atom stereocenters. The Hall–Kier alpha value is -2.58. The Bertz CT molecular complexity index is 982. The van der Waals surface area contributed by atoms with Crippen LogP contribution in [-0.4, -0.2) is 18.1 Å². The van der Waals surface area contributed by atoms with Gasteiger partial charge in [0.2, 0.25) is 0 Å². The second-order valence-corrected chi connectivity index (χ2v) is 11.3. The predicted octanol–water partition coefficient (Wildman–Crippen LogP) is 7.24. The van der Waals surface area contributed by atoms with Crippen molar-refractivity contribution in [2.45, 2.75) is 57.0 Å². The molecule has 0 heterocycles. The number of hydrogen-bond donors (Lipinski definition) is 0. The second kappa shape index (κ2) is 9.58. The number of ether oxygens (including phenoxy) is 1. The van der Waals surface area contributed by atoms with Crippen molar-refractivity contribution in [2.24, 2.45) is 17.8 Å². The molecule has 0 unspecified atom stereocenters. The molecule has 0 saturated heterocycles. The lowest BCUT2D eigenvalue weighted by Gasteiger charge is -2.57. The van der Waals surface area contributed by atoms with E-state index in [4.69, 9.17) is 4.74 Å². The number of rotatable bonds is 9. The molecule has 0 spiro atoms. The third kappa shape index (κ3) is 4.79. The van der Waals surface area contributed by atoms with Gasteiger partial charge in [-0.15, -0.1) is 0 Å². The quantitative estimate of drug-likeness (QED) is 0.340. The fourth-order valence-electron chi connectivity index (χ4n) is 7.56. The molecule has 2 nitrogen and oxygen atoms in total. The van der Waals surface area contributed by atoms with E-state index in [0.717, 1.165) is 43.1 Å². The zero-order valence-corrected chi connectivity index (χ0v) is 20.2. The predicted molar refractivity (Wildman–Crippen MR) is 139 cm³/mol. The van der Waals surface area contributed by atoms with E-state index < -0.39 is 0 Å². The standard InChI is InChI=1S/C32H37NO/c1-3-7-25(8-4-1)23-33(24-26-9-5-2-6-10-26)15-16-34-31-13-11-30(12-14-31)32-20-27-17-28(21-32)19-29(18-27)22-32/h1-14,27-29H,15-24H2. The van der Waals surface area contributed by atoms with Crippen molar-refractivity contribution in [2.75, 3.05) is 13.2 Å². The summed E-state index contributed by atoms with van der Waals surface area (Å²) in [6.07, 6.45) is 8.78. The van der Waals surface area contributed by atoms with E-state index >= 15 is 0 Å². The molecule has 0 radical (unpaired) electrons. The molecule has 0 aromatic heterocycles. The van der Waals surface area contributed by atoms with E-state index in [1.54, 1.807) is 5.56 Å². The zero-order chi connectivity index (χ0) is 22.8. The maximum atomic E-state index is 6.24. The highest BCUT2D eigenvalue weighted by Gasteiger charge is 2.51. The van der Waals surface area contributed by atoms with E-state index in [1.165, 1.54) is 49.7 Å². The van der Waals surface area contributed by atoms with Gasteiger partial charge in [-0.1, -0.05) is 72.8 Å². The van der Waals surface area contributed by atoms with E-state index in [0.29, 0.717) is 12.0 Å². The van der Waals surface area contributed by atoms with E-state index in [9.17, 15) is 0 Å². The van der Waals surface area contributed by atoms with Crippen LogP contribution in [0.4, 0.5) is 0 Å². The third-order valence-electron chi connectivity index (χ3n) is 8.68. The molecule has 4 aliphatic carbocycles. The van der Waals surface area contributed by atoms with E-state index in [2.05, 4.69) is 89.8 Å². The SMILES string of the molecule is c1ccc(CN(CCOc2ccc(C34CC5CC(CC(C5)C3)C4)cc2)Cc2ccccc2)cc1. The molecule has 7 rings (SSSR count). The van der Waals surface area contributed by atoms with Crippen molar-refractivity contribution in [3.8, 4) is 5.75 Å². The lowest BCUT2D eigenvalue weighted by atomic mass is 9.48. The Labute approximate surface area is 205 Å². The highest BCUT2D eigenvalue weighted by molar-refractivity contribution is 5.34. The van der Waals surface area contributed by atoms with Crippen molar-refractivity contribution in [3.05, 3.63) is 102 Å². The maximum absolute atomic E-state index is 6.24. The fraction of sp³-hybridized carbons (Fsp3) is 0.438. The molecule has 0 N–H and O–H groups in total. The minimum Gasteiger partial charge on any atom is -0.492 e. The van der Waals surface area contributed by atoms with Crippen LogP contribution in [0.15, 0.2) is 84.9 Å². The first-order valence-corrected chi connectivity index (χ1v) is 13.3. The van der Waals surface area contributed by atoms with Crippen molar-refractivity contribution in [3.63, 3.8) is 0 Å². The van der Waals surface area contributed by atoms with Gasteiger partial charge in [-0.3, -0.25) is 4.90 Å². The summed E-state index contributed by atoms with van der Waals surface area (Å²) in [5, 5.41) is 0. The summed E-state index contributed by atoms with van der Waals surface area (Å²) >= 11 is 0. The first-order chi connectivity index (χ1) is 16.7. The summed E-state index contributed by atoms with van der Waals surface area (Å²) < 4.78 is 6.24. The molecule has 0 amide bonds. The highest BCUT2D eigenvalue weighted by atomic mass is 16.5. The fourth-order valence-corrected chi connectivity index (χ4v) is 7.56. The normalized spacial score (nSPS) is 27.3. The first-order valence-electron chi connectivity index (χ1n) is 13.3. The Kier molecular flexibility index (Phi) is 6.18. The summed E-state index contributed by atoms with van der Waals surface area (Å²) in [7, 11) is 0. The van der Waals surface area contributed by atoms with Gasteiger partial charge in [-0.05, 0) is 90.5 Å². The third-order valence-corrected chi connectivity index (χ3v) is 8.68. The zero-order valence-electron chi connectivity index (χ0n) is 20.2. The lowest BCUT2D eigenvalue weighted by molar-refractivity contribution is -0.00520. The minimum atomic E-state index is 0.468. The number of nitrogens with zero attached hydrogens (tertiary/aromatic N) is 1. The van der Waals surface area contributed by atoms with Crippen LogP contribution in [-0.2, 0) is 18.5 Å². The van der Waals surface area contributed by atoms with Gasteiger partial charge in [0.1, 0.15) is 12.4 Å². The molecule has 4 aliphatic rings. The van der Waals surface area contributed by atoms with Crippen LogP contribution < -0.4 is 4.74 Å². The van der Waals surface area contributed by atoms with Crippen molar-refractivity contribution < 1.29 is 4.74 Å². The molecular formula is C32H37NO. The summed E-state index contributed by atoms with van der Waals surface area (Å²) in [5.74, 6) is 3.97. The van der Waals surface area contributed by atoms with Crippen molar-refractivity contribution in [1.82, 2.24) is 4.90 Å². The average molecular weight is 452 g/mol. The van der Waals surface area contributed by atoms with Crippen LogP contribution in [0.1, 0.15) is 55.2 Å². The lowest BCUT2D eigenvalue weighted by Crippen LogP contribution is -2.48. The van der Waals surface area contributed by atoms with Crippen molar-refractivity contribution >= 4 is 0 Å². The summed E-state index contributed by atoms with van der Waals surface area (Å²) in [4.78, 5) is 2.48. The van der Waals surface area contributed by atoms with Gasteiger partial charge in [0, 0.05) is 19.6 Å². The molecule has 0 aliphatic heterocycles. The molecule has 3 aromatic carbocycles.